The third-order valence-corrected chi connectivity index (χ3v) is 5.33. The maximum absolute atomic E-state index is 12.8. The molecule has 1 aliphatic rings. The first-order valence-corrected chi connectivity index (χ1v) is 10.2. The smallest absolute Gasteiger partial charge is 0.225 e. The molecule has 0 unspecified atom stereocenters. The van der Waals surface area contributed by atoms with E-state index in [9.17, 15) is 4.79 Å². The van der Waals surface area contributed by atoms with E-state index in [2.05, 4.69) is 42.1 Å². The number of fused-ring (bicyclic) bond motifs is 1. The van der Waals surface area contributed by atoms with Crippen LogP contribution in [0.3, 0.4) is 0 Å². The average molecular weight is 381 g/mol. The highest BCUT2D eigenvalue weighted by Crippen LogP contribution is 2.27. The summed E-state index contributed by atoms with van der Waals surface area (Å²) >= 11 is 0. The molecule has 0 bridgehead atoms. The van der Waals surface area contributed by atoms with Gasteiger partial charge in [-0.3, -0.25) is 9.69 Å². The molecule has 1 aromatic heterocycles. The molecule has 28 heavy (non-hydrogen) atoms. The molecular formula is C23H32N4O. The van der Waals surface area contributed by atoms with Crippen LogP contribution in [0.25, 0.3) is 5.69 Å². The van der Waals surface area contributed by atoms with Gasteiger partial charge in [-0.15, -0.1) is 6.58 Å². The standard InChI is InChI=1S/C23H32N4O/c1-6-13-25-14-12-22-20(15-25)21(16-26(18(4)5)23(28)17(2)3)24-27(22)19-10-8-7-9-11-19/h6-11,17-18H,1,12-16H2,2-5H3. The van der Waals surface area contributed by atoms with Crippen molar-refractivity contribution >= 4 is 5.91 Å². The van der Waals surface area contributed by atoms with Crippen molar-refractivity contribution in [3.63, 3.8) is 0 Å². The van der Waals surface area contributed by atoms with Crippen molar-refractivity contribution in [3.8, 4) is 5.69 Å². The lowest BCUT2D eigenvalue weighted by Gasteiger charge is -2.30. The van der Waals surface area contributed by atoms with Crippen molar-refractivity contribution in [2.24, 2.45) is 5.92 Å². The van der Waals surface area contributed by atoms with Crippen molar-refractivity contribution in [2.75, 3.05) is 13.1 Å². The number of hydrogen-bond donors (Lipinski definition) is 0. The first-order chi connectivity index (χ1) is 13.4. The Balaban J connectivity index is 2.01. The number of amides is 1. The van der Waals surface area contributed by atoms with Gasteiger partial charge < -0.3 is 4.90 Å². The Bertz CT molecular complexity index is 823. The third-order valence-electron chi connectivity index (χ3n) is 5.33. The third kappa shape index (κ3) is 4.20. The summed E-state index contributed by atoms with van der Waals surface area (Å²) in [6.07, 6.45) is 2.90. The normalized spacial score (nSPS) is 14.4. The van der Waals surface area contributed by atoms with E-state index < -0.39 is 0 Å². The maximum atomic E-state index is 12.8. The topological polar surface area (TPSA) is 41.4 Å². The molecule has 1 aromatic carbocycles. The van der Waals surface area contributed by atoms with Crippen LogP contribution in [0.1, 0.15) is 44.6 Å². The summed E-state index contributed by atoms with van der Waals surface area (Å²) in [5.74, 6) is 0.156. The molecule has 1 aliphatic heterocycles. The summed E-state index contributed by atoms with van der Waals surface area (Å²) in [5.41, 5.74) is 4.62. The van der Waals surface area contributed by atoms with Gasteiger partial charge in [-0.2, -0.15) is 5.10 Å². The molecule has 5 heteroatoms. The van der Waals surface area contributed by atoms with Gasteiger partial charge in [-0.1, -0.05) is 38.1 Å². The van der Waals surface area contributed by atoms with Gasteiger partial charge >= 0.3 is 0 Å². The van der Waals surface area contributed by atoms with Gasteiger partial charge in [0.2, 0.25) is 5.91 Å². The van der Waals surface area contributed by atoms with Crippen LogP contribution in [-0.2, 0) is 24.3 Å². The van der Waals surface area contributed by atoms with Crippen LogP contribution in [0.15, 0.2) is 43.0 Å². The number of nitrogens with zero attached hydrogens (tertiary/aromatic N) is 4. The summed E-state index contributed by atoms with van der Waals surface area (Å²) in [6.45, 7) is 15.2. The van der Waals surface area contributed by atoms with Crippen LogP contribution >= 0.6 is 0 Å². The summed E-state index contributed by atoms with van der Waals surface area (Å²) in [6, 6.07) is 10.4. The first-order valence-electron chi connectivity index (χ1n) is 10.2. The number of benzene rings is 1. The van der Waals surface area contributed by atoms with E-state index in [1.165, 1.54) is 11.3 Å². The van der Waals surface area contributed by atoms with Gasteiger partial charge in [0, 0.05) is 43.6 Å². The molecule has 0 spiro atoms. The summed E-state index contributed by atoms with van der Waals surface area (Å²) < 4.78 is 2.08. The summed E-state index contributed by atoms with van der Waals surface area (Å²) in [5, 5.41) is 4.99. The van der Waals surface area contributed by atoms with Gasteiger partial charge in [0.15, 0.2) is 0 Å². The minimum atomic E-state index is -0.0216. The van der Waals surface area contributed by atoms with E-state index in [0.717, 1.165) is 37.4 Å². The molecule has 0 fully saturated rings. The second-order valence-corrected chi connectivity index (χ2v) is 8.11. The predicted molar refractivity (Wildman–Crippen MR) is 113 cm³/mol. The van der Waals surface area contributed by atoms with Crippen molar-refractivity contribution in [1.29, 1.82) is 0 Å². The second-order valence-electron chi connectivity index (χ2n) is 8.11. The Morgan fingerprint density at radius 2 is 1.96 bits per heavy atom. The molecule has 150 valence electrons. The highest BCUT2D eigenvalue weighted by Gasteiger charge is 2.28. The quantitative estimate of drug-likeness (QED) is 0.686. The highest BCUT2D eigenvalue weighted by molar-refractivity contribution is 5.78. The molecule has 0 atom stereocenters. The van der Waals surface area contributed by atoms with E-state index in [4.69, 9.17) is 5.10 Å². The van der Waals surface area contributed by atoms with E-state index in [0.29, 0.717) is 6.54 Å². The fourth-order valence-electron chi connectivity index (χ4n) is 3.80. The van der Waals surface area contributed by atoms with Gasteiger partial charge in [-0.25, -0.2) is 4.68 Å². The van der Waals surface area contributed by atoms with Gasteiger partial charge in [-0.05, 0) is 26.0 Å². The average Bonchev–Trinajstić information content (AvgIpc) is 3.04. The zero-order chi connectivity index (χ0) is 20.3. The van der Waals surface area contributed by atoms with Crippen LogP contribution in [0, 0.1) is 5.92 Å². The Labute approximate surface area is 168 Å². The molecule has 1 amide bonds. The van der Waals surface area contributed by atoms with Crippen molar-refractivity contribution in [1.82, 2.24) is 19.6 Å². The zero-order valence-electron chi connectivity index (χ0n) is 17.6. The van der Waals surface area contributed by atoms with E-state index >= 15 is 0 Å². The fraction of sp³-hybridized carbons (Fsp3) is 0.478. The van der Waals surface area contributed by atoms with Crippen molar-refractivity contribution in [2.45, 2.75) is 53.2 Å². The SMILES string of the molecule is C=CCN1CCc2c(c(CN(C(=O)C(C)C)C(C)C)nn2-c2ccccc2)C1. The van der Waals surface area contributed by atoms with E-state index in [-0.39, 0.29) is 17.9 Å². The lowest BCUT2D eigenvalue weighted by molar-refractivity contribution is -0.136. The van der Waals surface area contributed by atoms with E-state index in [1.54, 1.807) is 0 Å². The molecule has 2 heterocycles. The minimum absolute atomic E-state index is 0.0216. The Kier molecular flexibility index (Phi) is 6.35. The van der Waals surface area contributed by atoms with Gasteiger partial charge in [0.25, 0.3) is 0 Å². The van der Waals surface area contributed by atoms with Gasteiger partial charge in [0.05, 0.1) is 23.6 Å². The number of hydrogen-bond acceptors (Lipinski definition) is 3. The number of carbonyl (C=O) groups is 1. The highest BCUT2D eigenvalue weighted by atomic mass is 16.2. The number of carbonyl (C=O) groups excluding carboxylic acids is 1. The lowest BCUT2D eigenvalue weighted by atomic mass is 10.0. The molecule has 0 radical (unpaired) electrons. The van der Waals surface area contributed by atoms with Crippen LogP contribution in [0.4, 0.5) is 0 Å². The predicted octanol–water partition coefficient (Wildman–Crippen LogP) is 3.81. The Morgan fingerprint density at radius 1 is 1.25 bits per heavy atom. The second kappa shape index (κ2) is 8.74. The molecule has 0 saturated heterocycles. The molecular weight excluding hydrogens is 348 g/mol. The Hall–Kier alpha value is -2.40. The summed E-state index contributed by atoms with van der Waals surface area (Å²) in [7, 11) is 0. The van der Waals surface area contributed by atoms with E-state index in [1.807, 2.05) is 43.0 Å². The monoisotopic (exact) mass is 380 g/mol. The van der Waals surface area contributed by atoms with Crippen LogP contribution < -0.4 is 0 Å². The zero-order valence-corrected chi connectivity index (χ0v) is 17.6. The molecule has 0 saturated carbocycles. The van der Waals surface area contributed by atoms with Crippen LogP contribution in [-0.4, -0.2) is 44.6 Å². The van der Waals surface area contributed by atoms with Crippen LogP contribution in [0.5, 0.6) is 0 Å². The van der Waals surface area contributed by atoms with Gasteiger partial charge in [0.1, 0.15) is 0 Å². The molecule has 5 nitrogen and oxygen atoms in total. The Morgan fingerprint density at radius 3 is 2.57 bits per heavy atom. The number of para-hydroxylation sites is 1. The largest absolute Gasteiger partial charge is 0.334 e. The van der Waals surface area contributed by atoms with Crippen molar-refractivity contribution in [3.05, 3.63) is 59.9 Å². The molecule has 0 aliphatic carbocycles. The fourth-order valence-corrected chi connectivity index (χ4v) is 3.80. The molecule has 3 rings (SSSR count). The minimum Gasteiger partial charge on any atom is -0.334 e. The molecule has 2 aromatic rings. The summed E-state index contributed by atoms with van der Waals surface area (Å²) in [4.78, 5) is 17.1. The van der Waals surface area contributed by atoms with Crippen LogP contribution in [0.2, 0.25) is 0 Å². The number of aromatic nitrogens is 2. The first kappa shape index (κ1) is 20.3. The number of rotatable bonds is 7. The maximum Gasteiger partial charge on any atom is 0.225 e. The molecule has 0 N–H and O–H groups in total. The lowest BCUT2D eigenvalue weighted by Crippen LogP contribution is -2.39. The van der Waals surface area contributed by atoms with Crippen molar-refractivity contribution < 1.29 is 4.79 Å².